The molecule has 25 heavy (non-hydrogen) atoms. The molecule has 1 aromatic heterocycles. The van der Waals surface area contributed by atoms with Crippen molar-refractivity contribution in [2.75, 3.05) is 32.5 Å². The van der Waals surface area contributed by atoms with Crippen LogP contribution < -0.4 is 10.1 Å². The first-order valence-corrected chi connectivity index (χ1v) is 9.18. The molecular weight excluding hydrogens is 353 g/mol. The largest absolute Gasteiger partial charge is 0.468 e. The quantitative estimate of drug-likeness (QED) is 0.633. The molecule has 5 nitrogen and oxygen atoms in total. The maximum Gasteiger partial charge on any atom is 0.422 e. The molecule has 1 aromatic rings. The summed E-state index contributed by atoms with van der Waals surface area (Å²) in [5, 5.41) is 3.89. The van der Waals surface area contributed by atoms with Crippen LogP contribution in [0.5, 0.6) is 5.88 Å². The van der Waals surface area contributed by atoms with E-state index in [1.54, 1.807) is 13.1 Å². The number of ether oxygens (including phenoxy) is 1. The third-order valence-electron chi connectivity index (χ3n) is 3.74. The first-order chi connectivity index (χ1) is 11.9. The third kappa shape index (κ3) is 6.64. The van der Waals surface area contributed by atoms with E-state index in [1.165, 1.54) is 12.3 Å². The fourth-order valence-corrected chi connectivity index (χ4v) is 3.61. The Hall–Kier alpha value is -1.64. The average Bonchev–Trinajstić information content (AvgIpc) is 2.61. The molecule has 0 spiro atoms. The lowest BCUT2D eigenvalue weighted by Gasteiger charge is -2.34. The Morgan fingerprint density at radius 3 is 2.88 bits per heavy atom. The van der Waals surface area contributed by atoms with Crippen LogP contribution in [0.15, 0.2) is 23.3 Å². The number of hydrogen-bond acceptors (Lipinski definition) is 4. The number of hydrogen-bond donors (Lipinski definition) is 1. The first-order valence-electron chi connectivity index (χ1n) is 8.13. The van der Waals surface area contributed by atoms with Gasteiger partial charge in [0.25, 0.3) is 0 Å². The number of aromatic nitrogens is 1. The van der Waals surface area contributed by atoms with E-state index in [1.807, 2.05) is 11.8 Å². The van der Waals surface area contributed by atoms with Crippen LogP contribution in [0.4, 0.5) is 13.2 Å². The molecule has 1 aliphatic heterocycles. The summed E-state index contributed by atoms with van der Waals surface area (Å²) in [6.45, 7) is 3.26. The molecule has 0 bridgehead atoms. The summed E-state index contributed by atoms with van der Waals surface area (Å²) >= 11 is 1.99. The number of alkyl halides is 3. The summed E-state index contributed by atoms with van der Waals surface area (Å²) < 4.78 is 41.0. The Bertz CT molecular complexity index is 565. The third-order valence-corrected chi connectivity index (χ3v) is 5.11. The smallest absolute Gasteiger partial charge is 0.422 e. The summed E-state index contributed by atoms with van der Waals surface area (Å²) in [5.74, 6) is 1.87. The van der Waals surface area contributed by atoms with Crippen molar-refractivity contribution < 1.29 is 17.9 Å². The van der Waals surface area contributed by atoms with E-state index in [2.05, 4.69) is 31.9 Å². The SMILES string of the molecule is CCC1CN(C(=NC)NCc2ccc(OCC(F)(F)F)nc2)CCS1. The van der Waals surface area contributed by atoms with Gasteiger partial charge >= 0.3 is 6.18 Å². The monoisotopic (exact) mass is 376 g/mol. The minimum absolute atomic E-state index is 0.0377. The van der Waals surface area contributed by atoms with Gasteiger partial charge in [0.15, 0.2) is 12.6 Å². The van der Waals surface area contributed by atoms with Gasteiger partial charge in [-0.05, 0) is 12.0 Å². The van der Waals surface area contributed by atoms with Gasteiger partial charge < -0.3 is 15.0 Å². The van der Waals surface area contributed by atoms with Crippen LogP contribution in [0.2, 0.25) is 0 Å². The van der Waals surface area contributed by atoms with Crippen molar-refractivity contribution in [3.8, 4) is 5.88 Å². The van der Waals surface area contributed by atoms with Crippen LogP contribution in [0, 0.1) is 0 Å². The molecule has 1 fully saturated rings. The van der Waals surface area contributed by atoms with Gasteiger partial charge in [-0.3, -0.25) is 4.99 Å². The van der Waals surface area contributed by atoms with Gasteiger partial charge in [-0.15, -0.1) is 0 Å². The van der Waals surface area contributed by atoms with E-state index >= 15 is 0 Å². The lowest BCUT2D eigenvalue weighted by atomic mass is 10.3. The van der Waals surface area contributed by atoms with Crippen LogP contribution in [0.25, 0.3) is 0 Å². The molecule has 0 aliphatic carbocycles. The zero-order valence-corrected chi connectivity index (χ0v) is 15.2. The van der Waals surface area contributed by atoms with Gasteiger partial charge in [0.2, 0.25) is 5.88 Å². The fourth-order valence-electron chi connectivity index (χ4n) is 2.43. The zero-order chi connectivity index (χ0) is 18.3. The van der Waals surface area contributed by atoms with Crippen LogP contribution in [-0.2, 0) is 6.54 Å². The van der Waals surface area contributed by atoms with E-state index in [4.69, 9.17) is 0 Å². The number of pyridine rings is 1. The molecule has 1 saturated heterocycles. The van der Waals surface area contributed by atoms with E-state index in [-0.39, 0.29) is 5.88 Å². The van der Waals surface area contributed by atoms with Gasteiger partial charge in [-0.25, -0.2) is 4.98 Å². The van der Waals surface area contributed by atoms with Gasteiger partial charge in [-0.2, -0.15) is 24.9 Å². The molecular formula is C16H23F3N4OS. The predicted octanol–water partition coefficient (Wildman–Crippen LogP) is 2.93. The lowest BCUT2D eigenvalue weighted by molar-refractivity contribution is -0.154. The summed E-state index contributed by atoms with van der Waals surface area (Å²) in [4.78, 5) is 10.5. The predicted molar refractivity (Wildman–Crippen MR) is 94.1 cm³/mol. The Balaban J connectivity index is 1.85. The number of thioether (sulfide) groups is 1. The highest BCUT2D eigenvalue weighted by molar-refractivity contribution is 8.00. The second-order valence-electron chi connectivity index (χ2n) is 5.66. The standard InChI is InChI=1S/C16H23F3N4OS/c1-3-13-10-23(6-7-25-13)15(20-2)22-9-12-4-5-14(21-8-12)24-11-16(17,18)19/h4-5,8,13H,3,6-7,9-11H2,1-2H3,(H,20,22). The Morgan fingerprint density at radius 1 is 1.48 bits per heavy atom. The molecule has 0 aromatic carbocycles. The molecule has 0 amide bonds. The Morgan fingerprint density at radius 2 is 2.28 bits per heavy atom. The number of rotatable bonds is 5. The highest BCUT2D eigenvalue weighted by Gasteiger charge is 2.28. The van der Waals surface area contributed by atoms with Crippen molar-refractivity contribution in [1.82, 2.24) is 15.2 Å². The number of halogens is 3. The highest BCUT2D eigenvalue weighted by Crippen LogP contribution is 2.21. The number of aliphatic imine (C=N–C) groups is 1. The molecule has 2 rings (SSSR count). The van der Waals surface area contributed by atoms with Crippen LogP contribution in [0.1, 0.15) is 18.9 Å². The number of nitrogens with zero attached hydrogens (tertiary/aromatic N) is 3. The summed E-state index contributed by atoms with van der Waals surface area (Å²) in [6.07, 6.45) is -1.73. The van der Waals surface area contributed by atoms with Crippen molar-refractivity contribution >= 4 is 17.7 Å². The normalized spacial score (nSPS) is 19.0. The highest BCUT2D eigenvalue weighted by atomic mass is 32.2. The van der Waals surface area contributed by atoms with E-state index in [0.29, 0.717) is 11.8 Å². The van der Waals surface area contributed by atoms with Gasteiger partial charge in [0.05, 0.1) is 0 Å². The number of nitrogens with one attached hydrogen (secondary N) is 1. The van der Waals surface area contributed by atoms with Crippen LogP contribution in [0.3, 0.4) is 0 Å². The second-order valence-corrected chi connectivity index (χ2v) is 7.06. The maximum absolute atomic E-state index is 12.1. The molecule has 0 radical (unpaired) electrons. The summed E-state index contributed by atoms with van der Waals surface area (Å²) in [5.41, 5.74) is 0.846. The Kier molecular flexibility index (Phi) is 7.22. The molecule has 1 unspecified atom stereocenters. The van der Waals surface area contributed by atoms with E-state index in [0.717, 1.165) is 36.8 Å². The molecule has 1 atom stereocenters. The molecule has 9 heteroatoms. The first kappa shape index (κ1) is 19.7. The lowest BCUT2D eigenvalue weighted by Crippen LogP contribution is -2.47. The average molecular weight is 376 g/mol. The second kappa shape index (κ2) is 9.17. The molecule has 1 aliphatic rings. The minimum Gasteiger partial charge on any atom is -0.468 e. The van der Waals surface area contributed by atoms with Crippen molar-refractivity contribution in [2.24, 2.45) is 4.99 Å². The summed E-state index contributed by atoms with van der Waals surface area (Å²) in [6, 6.07) is 3.13. The van der Waals surface area contributed by atoms with E-state index < -0.39 is 12.8 Å². The van der Waals surface area contributed by atoms with Crippen LogP contribution >= 0.6 is 11.8 Å². The molecule has 140 valence electrons. The van der Waals surface area contributed by atoms with E-state index in [9.17, 15) is 13.2 Å². The minimum atomic E-state index is -4.36. The zero-order valence-electron chi connectivity index (χ0n) is 14.3. The van der Waals surface area contributed by atoms with Crippen molar-refractivity contribution in [2.45, 2.75) is 31.3 Å². The molecule has 2 heterocycles. The Labute approximate surface area is 150 Å². The van der Waals surface area contributed by atoms with Gasteiger partial charge in [-0.1, -0.05) is 13.0 Å². The topological polar surface area (TPSA) is 49.8 Å². The van der Waals surface area contributed by atoms with Crippen molar-refractivity contribution in [1.29, 1.82) is 0 Å². The maximum atomic E-state index is 12.1. The van der Waals surface area contributed by atoms with Crippen LogP contribution in [-0.4, -0.2) is 59.8 Å². The molecule has 1 N–H and O–H groups in total. The number of guanidine groups is 1. The summed E-state index contributed by atoms with van der Waals surface area (Å²) in [7, 11) is 1.75. The van der Waals surface area contributed by atoms with Gasteiger partial charge in [0, 0.05) is 49.9 Å². The molecule has 0 saturated carbocycles. The fraction of sp³-hybridized carbons (Fsp3) is 0.625. The van der Waals surface area contributed by atoms with Crippen molar-refractivity contribution in [3.63, 3.8) is 0 Å². The van der Waals surface area contributed by atoms with Gasteiger partial charge in [0.1, 0.15) is 0 Å². The van der Waals surface area contributed by atoms with Crippen molar-refractivity contribution in [3.05, 3.63) is 23.9 Å².